The summed E-state index contributed by atoms with van der Waals surface area (Å²) in [7, 11) is 0. The first-order valence-electron chi connectivity index (χ1n) is 5.45. The first-order valence-corrected chi connectivity index (χ1v) is 5.45. The second-order valence-corrected chi connectivity index (χ2v) is 3.94. The van der Waals surface area contributed by atoms with E-state index in [1.165, 1.54) is 6.92 Å². The van der Waals surface area contributed by atoms with Gasteiger partial charge in [0.25, 0.3) is 5.56 Å². The zero-order valence-electron chi connectivity index (χ0n) is 9.80. The molecule has 0 aliphatic rings. The highest BCUT2D eigenvalue weighted by Gasteiger charge is 2.17. The molecule has 18 heavy (non-hydrogen) atoms. The van der Waals surface area contributed by atoms with Gasteiger partial charge in [-0.2, -0.15) is 5.10 Å². The van der Waals surface area contributed by atoms with Crippen LogP contribution in [-0.4, -0.2) is 21.1 Å². The van der Waals surface area contributed by atoms with E-state index in [4.69, 9.17) is 0 Å². The third-order valence-electron chi connectivity index (χ3n) is 2.60. The Bertz CT molecular complexity index is 632. The van der Waals surface area contributed by atoms with Gasteiger partial charge in [0.05, 0.1) is 0 Å². The predicted molar refractivity (Wildman–Crippen MR) is 65.8 cm³/mol. The summed E-state index contributed by atoms with van der Waals surface area (Å²) in [6.45, 7) is 1.23. The molecule has 2 aromatic rings. The summed E-state index contributed by atoms with van der Waals surface area (Å²) in [5.74, 6) is -0.819. The summed E-state index contributed by atoms with van der Waals surface area (Å²) < 4.78 is 0. The Balaban J connectivity index is 2.44. The Morgan fingerprint density at radius 1 is 1.33 bits per heavy atom. The van der Waals surface area contributed by atoms with Crippen molar-refractivity contribution in [1.29, 1.82) is 0 Å². The van der Waals surface area contributed by atoms with Crippen molar-refractivity contribution in [2.24, 2.45) is 0 Å². The Morgan fingerprint density at radius 3 is 2.61 bits per heavy atom. The quantitative estimate of drug-likeness (QED) is 0.796. The van der Waals surface area contributed by atoms with Gasteiger partial charge in [-0.1, -0.05) is 30.3 Å². The first-order chi connectivity index (χ1) is 8.59. The lowest BCUT2D eigenvalue weighted by molar-refractivity contribution is 0.101. The summed E-state index contributed by atoms with van der Waals surface area (Å²) in [6, 6.07) is 9.36. The van der Waals surface area contributed by atoms with Crippen LogP contribution < -0.4 is 5.56 Å². The van der Waals surface area contributed by atoms with Crippen molar-refractivity contribution >= 4 is 5.78 Å². The maximum atomic E-state index is 11.4. The molecule has 0 bridgehead atoms. The van der Waals surface area contributed by atoms with Crippen molar-refractivity contribution in [2.75, 3.05) is 0 Å². The Morgan fingerprint density at radius 2 is 2.00 bits per heavy atom. The van der Waals surface area contributed by atoms with E-state index in [9.17, 15) is 14.7 Å². The molecule has 2 rings (SSSR count). The fraction of sp³-hybridized carbons (Fsp3) is 0.154. The predicted octanol–water partition coefficient (Wildman–Crippen LogP) is 1.27. The van der Waals surface area contributed by atoms with Crippen LogP contribution >= 0.6 is 0 Å². The van der Waals surface area contributed by atoms with Gasteiger partial charge >= 0.3 is 0 Å². The van der Waals surface area contributed by atoms with Crippen molar-refractivity contribution in [3.8, 4) is 5.75 Å². The second kappa shape index (κ2) is 4.83. The molecule has 5 nitrogen and oxygen atoms in total. The smallest absolute Gasteiger partial charge is 0.278 e. The maximum absolute atomic E-state index is 11.4. The van der Waals surface area contributed by atoms with Crippen LogP contribution in [-0.2, 0) is 6.42 Å². The summed E-state index contributed by atoms with van der Waals surface area (Å²) in [5.41, 5.74) is 0.306. The number of benzene rings is 1. The fourth-order valence-corrected chi connectivity index (χ4v) is 1.72. The summed E-state index contributed by atoms with van der Waals surface area (Å²) in [4.78, 5) is 22.7. The third-order valence-corrected chi connectivity index (χ3v) is 2.60. The zero-order chi connectivity index (χ0) is 13.1. The molecule has 2 N–H and O–H groups in total. The number of aromatic hydroxyl groups is 1. The minimum atomic E-state index is -0.670. The Labute approximate surface area is 103 Å². The van der Waals surface area contributed by atoms with Gasteiger partial charge in [0, 0.05) is 6.42 Å². The number of aromatic nitrogens is 2. The monoisotopic (exact) mass is 244 g/mol. The van der Waals surface area contributed by atoms with Gasteiger partial charge in [-0.25, -0.2) is 5.10 Å². The largest absolute Gasteiger partial charge is 0.505 e. The van der Waals surface area contributed by atoms with Crippen molar-refractivity contribution in [2.45, 2.75) is 13.3 Å². The average Bonchev–Trinajstić information content (AvgIpc) is 2.34. The van der Waals surface area contributed by atoms with Gasteiger partial charge in [-0.15, -0.1) is 0 Å². The highest BCUT2D eigenvalue weighted by molar-refractivity contribution is 5.96. The van der Waals surface area contributed by atoms with Crippen LogP contribution in [0.25, 0.3) is 0 Å². The number of carbonyl (C=O) groups excluding carboxylic acids is 1. The Kier molecular flexibility index (Phi) is 3.23. The molecule has 0 aliphatic heterocycles. The molecule has 92 valence electrons. The number of nitrogens with zero attached hydrogens (tertiary/aromatic N) is 1. The molecule has 1 aromatic heterocycles. The molecule has 1 heterocycles. The van der Waals surface area contributed by atoms with E-state index < -0.39 is 11.3 Å². The number of rotatable bonds is 3. The summed E-state index contributed by atoms with van der Waals surface area (Å²) >= 11 is 0. The normalized spacial score (nSPS) is 10.3. The molecule has 1 aromatic carbocycles. The Hall–Kier alpha value is -2.43. The number of carbonyl (C=O) groups is 1. The molecule has 0 radical (unpaired) electrons. The molecule has 0 aliphatic carbocycles. The van der Waals surface area contributed by atoms with Gasteiger partial charge in [-0.3, -0.25) is 9.59 Å². The molecule has 0 atom stereocenters. The van der Waals surface area contributed by atoms with Gasteiger partial charge < -0.3 is 5.11 Å². The SMILES string of the molecule is CC(=O)c1c(O)c(Cc2ccccc2)n[nH]c1=O. The van der Waals surface area contributed by atoms with E-state index in [1.807, 2.05) is 30.3 Å². The molecular formula is C13H12N2O3. The second-order valence-electron chi connectivity index (χ2n) is 3.94. The summed E-state index contributed by atoms with van der Waals surface area (Å²) in [5, 5.41) is 15.9. The minimum Gasteiger partial charge on any atom is -0.505 e. The molecule has 0 saturated heterocycles. The zero-order valence-corrected chi connectivity index (χ0v) is 9.80. The van der Waals surface area contributed by atoms with Crippen molar-refractivity contribution in [3.05, 3.63) is 57.5 Å². The van der Waals surface area contributed by atoms with E-state index in [2.05, 4.69) is 10.2 Å². The molecule has 0 saturated carbocycles. The van der Waals surface area contributed by atoms with Gasteiger partial charge in [-0.05, 0) is 12.5 Å². The van der Waals surface area contributed by atoms with E-state index in [0.29, 0.717) is 6.42 Å². The lowest BCUT2D eigenvalue weighted by Gasteiger charge is -2.05. The molecular weight excluding hydrogens is 232 g/mol. The molecule has 5 heteroatoms. The lowest BCUT2D eigenvalue weighted by atomic mass is 10.1. The van der Waals surface area contributed by atoms with Crippen molar-refractivity contribution in [1.82, 2.24) is 10.2 Å². The van der Waals surface area contributed by atoms with E-state index in [-0.39, 0.29) is 17.0 Å². The molecule has 0 fully saturated rings. The van der Waals surface area contributed by atoms with Crippen LogP contribution in [0.4, 0.5) is 0 Å². The molecule has 0 amide bonds. The highest BCUT2D eigenvalue weighted by Crippen LogP contribution is 2.19. The standard InChI is InChI=1S/C13H12N2O3/c1-8(16)11-12(17)10(14-15-13(11)18)7-9-5-3-2-4-6-9/h2-6H,7H2,1H3,(H2,15,17,18). The number of hydrogen-bond acceptors (Lipinski definition) is 4. The van der Waals surface area contributed by atoms with E-state index >= 15 is 0 Å². The van der Waals surface area contributed by atoms with Crippen molar-refractivity contribution in [3.63, 3.8) is 0 Å². The van der Waals surface area contributed by atoms with Gasteiger partial charge in [0.2, 0.25) is 0 Å². The topological polar surface area (TPSA) is 83.0 Å². The van der Waals surface area contributed by atoms with Gasteiger partial charge in [0.15, 0.2) is 11.5 Å². The third kappa shape index (κ3) is 2.29. The number of hydrogen-bond donors (Lipinski definition) is 2. The van der Waals surface area contributed by atoms with E-state index in [0.717, 1.165) is 5.56 Å². The van der Waals surface area contributed by atoms with Crippen LogP contribution in [0.3, 0.4) is 0 Å². The number of Topliss-reactive ketones (excluding diaryl/α,β-unsaturated/α-hetero) is 1. The van der Waals surface area contributed by atoms with Crippen molar-refractivity contribution < 1.29 is 9.90 Å². The fourth-order valence-electron chi connectivity index (χ4n) is 1.72. The van der Waals surface area contributed by atoms with Crippen LogP contribution in [0.15, 0.2) is 35.1 Å². The number of aromatic amines is 1. The first kappa shape index (κ1) is 12.0. The van der Waals surface area contributed by atoms with E-state index in [1.54, 1.807) is 0 Å². The lowest BCUT2D eigenvalue weighted by Crippen LogP contribution is -2.19. The van der Waals surface area contributed by atoms with Crippen LogP contribution in [0, 0.1) is 0 Å². The number of nitrogens with one attached hydrogen (secondary N) is 1. The van der Waals surface area contributed by atoms with Gasteiger partial charge in [0.1, 0.15) is 11.3 Å². The minimum absolute atomic E-state index is 0.240. The molecule has 0 unspecified atom stereocenters. The number of H-pyrrole nitrogens is 1. The molecule has 0 spiro atoms. The summed E-state index contributed by atoms with van der Waals surface area (Å²) in [6.07, 6.45) is 0.351. The maximum Gasteiger partial charge on any atom is 0.278 e. The number of ketones is 1. The highest BCUT2D eigenvalue weighted by atomic mass is 16.3. The average molecular weight is 244 g/mol. The van der Waals surface area contributed by atoms with Crippen LogP contribution in [0.2, 0.25) is 0 Å². The van der Waals surface area contributed by atoms with Crippen LogP contribution in [0.5, 0.6) is 5.75 Å². The van der Waals surface area contributed by atoms with Crippen LogP contribution in [0.1, 0.15) is 28.5 Å².